The quantitative estimate of drug-likeness (QED) is 0.846. The minimum absolute atomic E-state index is 0.114. The van der Waals surface area contributed by atoms with E-state index in [1.165, 1.54) is 18.2 Å². The molecule has 1 aliphatic rings. The Hall–Kier alpha value is -2.03. The molecule has 0 spiro atoms. The molecule has 1 N–H and O–H groups in total. The first-order valence-electron chi connectivity index (χ1n) is 7.30. The number of fused-ring (bicyclic) bond motifs is 1. The summed E-state index contributed by atoms with van der Waals surface area (Å²) in [6.45, 7) is 1.99. The van der Waals surface area contributed by atoms with Gasteiger partial charge in [-0.25, -0.2) is 4.39 Å². The van der Waals surface area contributed by atoms with Gasteiger partial charge in [-0.1, -0.05) is 6.92 Å². The summed E-state index contributed by atoms with van der Waals surface area (Å²) in [6, 6.07) is 9.59. The van der Waals surface area contributed by atoms with Crippen LogP contribution < -0.4 is 4.74 Å². The monoisotopic (exact) mass is 329 g/mol. The average Bonchev–Trinajstić information content (AvgIpc) is 2.83. The number of hydrogen-bond acceptors (Lipinski definition) is 4. The van der Waals surface area contributed by atoms with Crippen LogP contribution in [0.15, 0.2) is 35.2 Å². The highest BCUT2D eigenvalue weighted by Gasteiger charge is 2.32. The molecule has 2 aromatic carbocycles. The van der Waals surface area contributed by atoms with Crippen molar-refractivity contribution in [3.05, 3.63) is 52.8 Å². The van der Waals surface area contributed by atoms with Gasteiger partial charge in [0.2, 0.25) is 0 Å². The number of nitrogens with zero attached hydrogens (tertiary/aromatic N) is 1. The number of aliphatic hydroxyl groups is 1. The second-order valence-corrected chi connectivity index (χ2v) is 6.52. The van der Waals surface area contributed by atoms with E-state index in [1.54, 1.807) is 11.8 Å². The van der Waals surface area contributed by atoms with Crippen LogP contribution in [-0.2, 0) is 6.42 Å². The molecule has 0 amide bonds. The molecule has 0 bridgehead atoms. The first kappa shape index (κ1) is 15.9. The van der Waals surface area contributed by atoms with Gasteiger partial charge < -0.3 is 9.84 Å². The van der Waals surface area contributed by atoms with E-state index < -0.39 is 11.9 Å². The molecule has 5 heteroatoms. The van der Waals surface area contributed by atoms with Crippen LogP contribution in [-0.4, -0.2) is 11.4 Å². The summed E-state index contributed by atoms with van der Waals surface area (Å²) >= 11 is 1.58. The molecule has 0 heterocycles. The van der Waals surface area contributed by atoms with Gasteiger partial charge in [-0.15, -0.1) is 11.8 Å². The van der Waals surface area contributed by atoms with Gasteiger partial charge in [-0.2, -0.15) is 5.26 Å². The fraction of sp³-hybridized carbons (Fsp3) is 0.278. The molecule has 1 aliphatic carbocycles. The van der Waals surface area contributed by atoms with E-state index >= 15 is 0 Å². The van der Waals surface area contributed by atoms with Crippen molar-refractivity contribution in [1.82, 2.24) is 0 Å². The summed E-state index contributed by atoms with van der Waals surface area (Å²) in [7, 11) is 0. The van der Waals surface area contributed by atoms with Crippen LogP contribution in [0.4, 0.5) is 4.39 Å². The Kier molecular flexibility index (Phi) is 4.29. The van der Waals surface area contributed by atoms with Crippen molar-refractivity contribution < 1.29 is 14.2 Å². The molecular weight excluding hydrogens is 313 g/mol. The molecule has 2 atom stereocenters. The van der Waals surface area contributed by atoms with Gasteiger partial charge in [0.25, 0.3) is 0 Å². The summed E-state index contributed by atoms with van der Waals surface area (Å²) < 4.78 is 19.4. The number of aliphatic hydroxyl groups excluding tert-OH is 1. The summed E-state index contributed by atoms with van der Waals surface area (Å²) in [5, 5.41) is 19.3. The fourth-order valence-corrected chi connectivity index (χ4v) is 3.63. The SMILES string of the molecule is CSc1ccc(Oc2cc(F)cc(C#N)c2)c2c1C(O)C(C)C2. The lowest BCUT2D eigenvalue weighted by molar-refractivity contribution is 0.130. The van der Waals surface area contributed by atoms with Crippen LogP contribution in [0.1, 0.15) is 29.7 Å². The molecule has 118 valence electrons. The Morgan fingerprint density at radius 3 is 2.83 bits per heavy atom. The molecule has 3 nitrogen and oxygen atoms in total. The second-order valence-electron chi connectivity index (χ2n) is 5.67. The topological polar surface area (TPSA) is 53.2 Å². The summed E-state index contributed by atoms with van der Waals surface area (Å²) in [6.07, 6.45) is 2.16. The number of hydrogen-bond donors (Lipinski definition) is 1. The minimum Gasteiger partial charge on any atom is -0.457 e. The lowest BCUT2D eigenvalue weighted by atomic mass is 10.1. The number of halogens is 1. The highest BCUT2D eigenvalue weighted by molar-refractivity contribution is 7.98. The van der Waals surface area contributed by atoms with Crippen molar-refractivity contribution in [2.75, 3.05) is 6.26 Å². The molecular formula is C18H16FNO2S. The Morgan fingerprint density at radius 2 is 2.13 bits per heavy atom. The summed E-state index contributed by atoms with van der Waals surface area (Å²) in [5.41, 5.74) is 2.07. The number of nitriles is 1. The number of benzene rings is 2. The molecule has 3 rings (SSSR count). The molecule has 23 heavy (non-hydrogen) atoms. The van der Waals surface area contributed by atoms with E-state index in [2.05, 4.69) is 0 Å². The van der Waals surface area contributed by atoms with Crippen molar-refractivity contribution in [1.29, 1.82) is 5.26 Å². The fourth-order valence-electron chi connectivity index (χ4n) is 2.96. The van der Waals surface area contributed by atoms with E-state index in [-0.39, 0.29) is 17.2 Å². The van der Waals surface area contributed by atoms with E-state index in [9.17, 15) is 9.50 Å². The van der Waals surface area contributed by atoms with Crippen LogP contribution >= 0.6 is 11.8 Å². The third-order valence-electron chi connectivity index (χ3n) is 4.08. The van der Waals surface area contributed by atoms with E-state index in [0.29, 0.717) is 12.2 Å². The second kappa shape index (κ2) is 6.23. The third kappa shape index (κ3) is 2.92. The zero-order valence-electron chi connectivity index (χ0n) is 12.8. The number of thioether (sulfide) groups is 1. The summed E-state index contributed by atoms with van der Waals surface area (Å²) in [4.78, 5) is 1.03. The maximum Gasteiger partial charge on any atom is 0.131 e. The smallest absolute Gasteiger partial charge is 0.131 e. The predicted octanol–water partition coefficient (Wildman–Crippen LogP) is 4.44. The molecule has 2 unspecified atom stereocenters. The number of ether oxygens (including phenoxy) is 1. The van der Waals surface area contributed by atoms with E-state index in [1.807, 2.05) is 31.4 Å². The molecule has 0 fully saturated rings. The molecule has 0 aliphatic heterocycles. The van der Waals surface area contributed by atoms with Crippen LogP contribution in [0.25, 0.3) is 0 Å². The van der Waals surface area contributed by atoms with Gasteiger partial charge in [0.1, 0.15) is 17.3 Å². The summed E-state index contributed by atoms with van der Waals surface area (Å²) in [5.74, 6) is 0.498. The first-order chi connectivity index (χ1) is 11.0. The van der Waals surface area contributed by atoms with Gasteiger partial charge in [-0.3, -0.25) is 0 Å². The maximum absolute atomic E-state index is 13.6. The van der Waals surface area contributed by atoms with Crippen LogP contribution in [0, 0.1) is 23.1 Å². The molecule has 0 radical (unpaired) electrons. The Balaban J connectivity index is 2.03. The van der Waals surface area contributed by atoms with Gasteiger partial charge in [0.15, 0.2) is 0 Å². The highest BCUT2D eigenvalue weighted by Crippen LogP contribution is 2.46. The van der Waals surface area contributed by atoms with Gasteiger partial charge in [0, 0.05) is 22.1 Å². The molecule has 2 aromatic rings. The van der Waals surface area contributed by atoms with Gasteiger partial charge >= 0.3 is 0 Å². The highest BCUT2D eigenvalue weighted by atomic mass is 32.2. The van der Waals surface area contributed by atoms with Gasteiger partial charge in [0.05, 0.1) is 17.7 Å². The standard InChI is InChI=1S/C18H16FNO2S/c1-10-5-14-15(3-4-16(23-2)17(14)18(10)21)22-13-7-11(9-20)6-12(19)8-13/h3-4,6-8,10,18,21H,5H2,1-2H3. The maximum atomic E-state index is 13.6. The van der Waals surface area contributed by atoms with Crippen molar-refractivity contribution in [2.24, 2.45) is 5.92 Å². The van der Waals surface area contributed by atoms with E-state index in [4.69, 9.17) is 10.00 Å². The Labute approximate surface area is 138 Å². The zero-order chi connectivity index (χ0) is 16.6. The van der Waals surface area contributed by atoms with Crippen LogP contribution in [0.2, 0.25) is 0 Å². The van der Waals surface area contributed by atoms with Crippen LogP contribution in [0.5, 0.6) is 11.5 Å². The molecule has 0 saturated carbocycles. The first-order valence-corrected chi connectivity index (χ1v) is 8.52. The molecule has 0 saturated heterocycles. The lowest BCUT2D eigenvalue weighted by Crippen LogP contribution is -2.02. The third-order valence-corrected chi connectivity index (χ3v) is 4.88. The van der Waals surface area contributed by atoms with Gasteiger partial charge in [-0.05, 0) is 42.9 Å². The Bertz CT molecular complexity index is 800. The minimum atomic E-state index is -0.516. The Morgan fingerprint density at radius 1 is 1.35 bits per heavy atom. The van der Waals surface area contributed by atoms with Crippen molar-refractivity contribution >= 4 is 11.8 Å². The number of rotatable bonds is 3. The largest absolute Gasteiger partial charge is 0.457 e. The van der Waals surface area contributed by atoms with Crippen molar-refractivity contribution in [2.45, 2.75) is 24.3 Å². The predicted molar refractivity (Wildman–Crippen MR) is 87.2 cm³/mol. The zero-order valence-corrected chi connectivity index (χ0v) is 13.7. The lowest BCUT2D eigenvalue weighted by Gasteiger charge is -2.15. The molecule has 0 aromatic heterocycles. The average molecular weight is 329 g/mol. The van der Waals surface area contributed by atoms with Crippen molar-refractivity contribution in [3.8, 4) is 17.6 Å². The van der Waals surface area contributed by atoms with E-state index in [0.717, 1.165) is 16.0 Å². The van der Waals surface area contributed by atoms with Crippen LogP contribution in [0.3, 0.4) is 0 Å². The normalized spacial score (nSPS) is 19.3. The van der Waals surface area contributed by atoms with Crippen molar-refractivity contribution in [3.63, 3.8) is 0 Å².